The van der Waals surface area contributed by atoms with Crippen LogP contribution in [-0.4, -0.2) is 0 Å². The summed E-state index contributed by atoms with van der Waals surface area (Å²) in [5.74, 6) is 1.81. The van der Waals surface area contributed by atoms with Gasteiger partial charge >= 0.3 is 0 Å². The van der Waals surface area contributed by atoms with Gasteiger partial charge < -0.3 is 4.74 Å². The highest BCUT2D eigenvalue weighted by molar-refractivity contribution is 9.10. The van der Waals surface area contributed by atoms with Crippen LogP contribution in [0.15, 0.2) is 40.9 Å². The first-order valence-corrected chi connectivity index (χ1v) is 6.28. The Hall–Kier alpha value is -1.54. The van der Waals surface area contributed by atoms with Crippen molar-refractivity contribution in [3.63, 3.8) is 0 Å². The van der Waals surface area contributed by atoms with Crippen LogP contribution in [-0.2, 0) is 0 Å². The second-order valence-corrected chi connectivity index (χ2v) is 5.07. The number of hydrogen-bond acceptors (Lipinski definition) is 1. The predicted molar refractivity (Wildman–Crippen MR) is 74.3 cm³/mol. The lowest BCUT2D eigenvalue weighted by Crippen LogP contribution is -1.88. The standard InChI is InChI=1S/C15H11BrO/c1-10-2-6-14-11(8-10)3-4-12-9-13(16)5-7-15(12)17-14/h2-9H,1H3. The topological polar surface area (TPSA) is 9.23 Å². The van der Waals surface area contributed by atoms with Gasteiger partial charge in [-0.1, -0.05) is 39.7 Å². The normalized spacial score (nSPS) is 12.4. The van der Waals surface area contributed by atoms with Gasteiger partial charge in [0.25, 0.3) is 0 Å². The van der Waals surface area contributed by atoms with E-state index in [1.54, 1.807) is 0 Å². The molecule has 0 aliphatic carbocycles. The first-order chi connectivity index (χ1) is 8.22. The maximum absolute atomic E-state index is 5.93. The van der Waals surface area contributed by atoms with E-state index >= 15 is 0 Å². The van der Waals surface area contributed by atoms with Crippen molar-refractivity contribution in [3.8, 4) is 11.5 Å². The first kappa shape index (κ1) is 10.6. The molecular weight excluding hydrogens is 276 g/mol. The zero-order valence-corrected chi connectivity index (χ0v) is 11.0. The minimum Gasteiger partial charge on any atom is -0.456 e. The highest BCUT2D eigenvalue weighted by atomic mass is 79.9. The monoisotopic (exact) mass is 286 g/mol. The average Bonchev–Trinajstić information content (AvgIpc) is 2.48. The average molecular weight is 287 g/mol. The van der Waals surface area contributed by atoms with E-state index in [9.17, 15) is 0 Å². The lowest BCUT2D eigenvalue weighted by atomic mass is 10.1. The molecule has 0 bridgehead atoms. The molecule has 2 heteroatoms. The molecule has 3 rings (SSSR count). The number of rotatable bonds is 0. The van der Waals surface area contributed by atoms with Crippen molar-refractivity contribution in [2.75, 3.05) is 0 Å². The lowest BCUT2D eigenvalue weighted by molar-refractivity contribution is 0.481. The van der Waals surface area contributed by atoms with Crippen LogP contribution in [0.3, 0.4) is 0 Å². The maximum Gasteiger partial charge on any atom is 0.134 e. The molecule has 17 heavy (non-hydrogen) atoms. The Morgan fingerprint density at radius 2 is 1.53 bits per heavy atom. The molecule has 1 heterocycles. The van der Waals surface area contributed by atoms with Crippen LogP contribution in [0, 0.1) is 6.92 Å². The van der Waals surface area contributed by atoms with Gasteiger partial charge in [-0.2, -0.15) is 0 Å². The van der Waals surface area contributed by atoms with Crippen molar-refractivity contribution in [3.05, 3.63) is 57.6 Å². The van der Waals surface area contributed by atoms with Gasteiger partial charge in [0, 0.05) is 15.6 Å². The number of aryl methyl sites for hydroxylation is 1. The Kier molecular flexibility index (Phi) is 2.52. The van der Waals surface area contributed by atoms with Crippen molar-refractivity contribution in [1.29, 1.82) is 0 Å². The van der Waals surface area contributed by atoms with Crippen molar-refractivity contribution in [2.24, 2.45) is 0 Å². The van der Waals surface area contributed by atoms with E-state index in [0.29, 0.717) is 0 Å². The van der Waals surface area contributed by atoms with Crippen molar-refractivity contribution in [2.45, 2.75) is 6.92 Å². The smallest absolute Gasteiger partial charge is 0.134 e. The lowest BCUT2D eigenvalue weighted by Gasteiger charge is -2.09. The molecule has 0 saturated carbocycles. The third-order valence-corrected chi connectivity index (χ3v) is 3.29. The van der Waals surface area contributed by atoms with Crippen LogP contribution in [0.25, 0.3) is 12.2 Å². The Morgan fingerprint density at radius 1 is 0.882 bits per heavy atom. The fraction of sp³-hybridized carbons (Fsp3) is 0.0667. The summed E-state index contributed by atoms with van der Waals surface area (Å²) in [5, 5.41) is 0. The minimum absolute atomic E-state index is 0.895. The number of hydrogen-bond donors (Lipinski definition) is 0. The molecule has 2 aromatic rings. The van der Waals surface area contributed by atoms with Crippen LogP contribution < -0.4 is 4.74 Å². The van der Waals surface area contributed by atoms with Gasteiger partial charge in [0.15, 0.2) is 0 Å². The van der Waals surface area contributed by atoms with Gasteiger partial charge in [0.05, 0.1) is 0 Å². The van der Waals surface area contributed by atoms with Crippen LogP contribution in [0.4, 0.5) is 0 Å². The molecule has 0 spiro atoms. The van der Waals surface area contributed by atoms with Gasteiger partial charge in [-0.15, -0.1) is 0 Å². The van der Waals surface area contributed by atoms with E-state index in [0.717, 1.165) is 27.1 Å². The summed E-state index contributed by atoms with van der Waals surface area (Å²) in [4.78, 5) is 0. The van der Waals surface area contributed by atoms with Crippen LogP contribution in [0.2, 0.25) is 0 Å². The largest absolute Gasteiger partial charge is 0.456 e. The van der Waals surface area contributed by atoms with Gasteiger partial charge in [-0.25, -0.2) is 0 Å². The van der Waals surface area contributed by atoms with E-state index in [1.165, 1.54) is 5.56 Å². The summed E-state index contributed by atoms with van der Waals surface area (Å²) in [5.41, 5.74) is 3.45. The summed E-state index contributed by atoms with van der Waals surface area (Å²) >= 11 is 3.47. The highest BCUT2D eigenvalue weighted by Gasteiger charge is 2.10. The maximum atomic E-state index is 5.93. The predicted octanol–water partition coefficient (Wildman–Crippen LogP) is 5.03. The molecule has 0 aromatic heterocycles. The zero-order valence-electron chi connectivity index (χ0n) is 9.41. The number of fused-ring (bicyclic) bond motifs is 2. The summed E-state index contributed by atoms with van der Waals surface area (Å²) in [6, 6.07) is 12.3. The van der Waals surface area contributed by atoms with E-state index < -0.39 is 0 Å². The van der Waals surface area contributed by atoms with E-state index in [2.05, 4.69) is 53.2 Å². The molecule has 0 radical (unpaired) electrons. The molecule has 1 nitrogen and oxygen atoms in total. The highest BCUT2D eigenvalue weighted by Crippen LogP contribution is 2.35. The second kappa shape index (κ2) is 4.04. The van der Waals surface area contributed by atoms with Crippen molar-refractivity contribution < 1.29 is 4.74 Å². The molecule has 84 valence electrons. The third kappa shape index (κ3) is 2.01. The zero-order chi connectivity index (χ0) is 11.8. The number of halogens is 1. The molecule has 0 amide bonds. The van der Waals surface area contributed by atoms with Gasteiger partial charge in [0.2, 0.25) is 0 Å². The summed E-state index contributed by atoms with van der Waals surface area (Å²) in [7, 11) is 0. The van der Waals surface area contributed by atoms with Gasteiger partial charge in [-0.05, 0) is 37.3 Å². The quantitative estimate of drug-likeness (QED) is 0.563. The Balaban J connectivity index is 2.16. The Morgan fingerprint density at radius 3 is 2.29 bits per heavy atom. The number of benzene rings is 2. The van der Waals surface area contributed by atoms with E-state index in [1.807, 2.05) is 18.2 Å². The van der Waals surface area contributed by atoms with Crippen LogP contribution in [0.5, 0.6) is 11.5 Å². The first-order valence-electron chi connectivity index (χ1n) is 5.48. The molecule has 0 atom stereocenters. The summed E-state index contributed by atoms with van der Waals surface area (Å²) < 4.78 is 6.99. The van der Waals surface area contributed by atoms with Crippen LogP contribution in [0.1, 0.15) is 16.7 Å². The molecule has 0 N–H and O–H groups in total. The molecular formula is C15H11BrO. The van der Waals surface area contributed by atoms with Crippen molar-refractivity contribution in [1.82, 2.24) is 0 Å². The third-order valence-electron chi connectivity index (χ3n) is 2.80. The Bertz CT molecular complexity index is 561. The van der Waals surface area contributed by atoms with E-state index in [4.69, 9.17) is 4.74 Å². The van der Waals surface area contributed by atoms with Gasteiger partial charge in [-0.3, -0.25) is 0 Å². The van der Waals surface area contributed by atoms with Crippen LogP contribution >= 0.6 is 15.9 Å². The molecule has 1 aliphatic heterocycles. The molecule has 0 fully saturated rings. The summed E-state index contributed by atoms with van der Waals surface area (Å²) in [6.07, 6.45) is 4.19. The second-order valence-electron chi connectivity index (χ2n) is 4.16. The number of ether oxygens (including phenoxy) is 1. The van der Waals surface area contributed by atoms with Gasteiger partial charge in [0.1, 0.15) is 11.5 Å². The fourth-order valence-corrected chi connectivity index (χ4v) is 2.31. The molecule has 0 saturated heterocycles. The molecule has 0 unspecified atom stereocenters. The van der Waals surface area contributed by atoms with E-state index in [-0.39, 0.29) is 0 Å². The Labute approximate surface area is 109 Å². The summed E-state index contributed by atoms with van der Waals surface area (Å²) in [6.45, 7) is 2.09. The SMILES string of the molecule is Cc1ccc2c(c1)C=Cc1cc(Br)ccc1O2. The molecule has 1 aliphatic rings. The fourth-order valence-electron chi connectivity index (χ4n) is 1.93. The minimum atomic E-state index is 0.895. The molecule has 2 aromatic carbocycles. The van der Waals surface area contributed by atoms with Crippen molar-refractivity contribution >= 4 is 28.1 Å².